The van der Waals surface area contributed by atoms with Crippen molar-refractivity contribution in [3.63, 3.8) is 0 Å². The summed E-state index contributed by atoms with van der Waals surface area (Å²) in [5.41, 5.74) is 3.60. The van der Waals surface area contributed by atoms with Crippen molar-refractivity contribution in [1.29, 1.82) is 0 Å². The third-order valence-electron chi connectivity index (χ3n) is 10.9. The van der Waals surface area contributed by atoms with E-state index in [0.29, 0.717) is 23.0 Å². The molecular formula is C28H46N2O2. The van der Waals surface area contributed by atoms with Gasteiger partial charge in [-0.05, 0) is 113 Å². The normalized spacial score (nSPS) is 48.0. The fourth-order valence-corrected chi connectivity index (χ4v) is 9.07. The van der Waals surface area contributed by atoms with Crippen LogP contribution in [0.3, 0.4) is 0 Å². The predicted octanol–water partition coefficient (Wildman–Crippen LogP) is 5.18. The number of allylic oxidation sites excluding steroid dienone is 1. The van der Waals surface area contributed by atoms with Gasteiger partial charge in [-0.15, -0.1) is 0 Å². The fraction of sp³-hybridized carbons (Fsp3) is 0.893. The Hall–Kier alpha value is -0.710. The van der Waals surface area contributed by atoms with Crippen LogP contribution >= 0.6 is 0 Å². The average Bonchev–Trinajstić information content (AvgIpc) is 3.14. The van der Waals surface area contributed by atoms with Gasteiger partial charge in [-0.3, -0.25) is 9.69 Å². The highest BCUT2D eigenvalue weighted by molar-refractivity contribution is 5.79. The number of nitrogens with zero attached hydrogens (tertiary/aromatic N) is 1. The van der Waals surface area contributed by atoms with E-state index in [4.69, 9.17) is 4.74 Å². The second-order valence-electron chi connectivity index (χ2n) is 12.5. The summed E-state index contributed by atoms with van der Waals surface area (Å²) < 4.78 is 6.77. The van der Waals surface area contributed by atoms with E-state index in [1.165, 1.54) is 44.1 Å². The minimum atomic E-state index is -0.0321. The molecule has 0 aromatic rings. The van der Waals surface area contributed by atoms with Crippen LogP contribution in [0.25, 0.3) is 0 Å². The zero-order chi connectivity index (χ0) is 22.7. The molecule has 0 bridgehead atoms. The number of fused-ring (bicyclic) bond motifs is 6. The van der Waals surface area contributed by atoms with Crippen molar-refractivity contribution >= 4 is 5.78 Å². The molecule has 0 radical (unpaired) electrons. The van der Waals surface area contributed by atoms with Crippen molar-refractivity contribution in [2.75, 3.05) is 27.2 Å². The molecule has 2 aliphatic heterocycles. The fourth-order valence-electron chi connectivity index (χ4n) is 9.07. The first-order chi connectivity index (χ1) is 15.3. The van der Waals surface area contributed by atoms with Crippen molar-refractivity contribution in [3.8, 4) is 0 Å². The SMILES string of the molecule is CNC12CCCC3C(=C(C)COC1CC(C)CN2C)CC1C3CCC2CC(=O)CCC21C. The Morgan fingerprint density at radius 2 is 1.97 bits per heavy atom. The number of carbonyl (C=O) groups is 1. The number of rotatable bonds is 1. The molecule has 5 rings (SSSR count). The molecular weight excluding hydrogens is 396 g/mol. The zero-order valence-corrected chi connectivity index (χ0v) is 21.2. The molecule has 0 amide bonds. The average molecular weight is 443 g/mol. The van der Waals surface area contributed by atoms with Gasteiger partial charge in [-0.2, -0.15) is 0 Å². The van der Waals surface area contributed by atoms with Crippen LogP contribution in [0, 0.1) is 35.0 Å². The zero-order valence-electron chi connectivity index (χ0n) is 21.2. The smallest absolute Gasteiger partial charge is 0.133 e. The Balaban J connectivity index is 1.43. The minimum Gasteiger partial charge on any atom is -0.371 e. The third kappa shape index (κ3) is 3.55. The number of nitrogens with one attached hydrogen (secondary N) is 1. The molecule has 8 unspecified atom stereocenters. The van der Waals surface area contributed by atoms with Crippen molar-refractivity contribution in [2.24, 2.45) is 35.0 Å². The molecule has 0 spiro atoms. The molecule has 8 atom stereocenters. The molecule has 0 aromatic heterocycles. The topological polar surface area (TPSA) is 41.6 Å². The Morgan fingerprint density at radius 3 is 2.75 bits per heavy atom. The van der Waals surface area contributed by atoms with Crippen LogP contribution in [0.2, 0.25) is 0 Å². The lowest BCUT2D eigenvalue weighted by Crippen LogP contribution is -2.68. The van der Waals surface area contributed by atoms with Crippen LogP contribution in [-0.2, 0) is 9.53 Å². The number of piperidine rings is 1. The number of hydrogen-bond donors (Lipinski definition) is 1. The lowest BCUT2D eigenvalue weighted by atomic mass is 9.52. The summed E-state index contributed by atoms with van der Waals surface area (Å²) in [6.07, 6.45) is 11.8. The van der Waals surface area contributed by atoms with E-state index in [1.54, 1.807) is 5.57 Å². The van der Waals surface area contributed by atoms with Gasteiger partial charge in [0.1, 0.15) is 5.78 Å². The highest BCUT2D eigenvalue weighted by Gasteiger charge is 2.56. The Labute approximate surface area is 195 Å². The van der Waals surface area contributed by atoms with E-state index in [0.717, 1.165) is 56.6 Å². The maximum atomic E-state index is 12.2. The van der Waals surface area contributed by atoms with Crippen molar-refractivity contribution in [1.82, 2.24) is 10.2 Å². The van der Waals surface area contributed by atoms with Gasteiger partial charge in [0.05, 0.1) is 18.4 Å². The maximum Gasteiger partial charge on any atom is 0.133 e. The van der Waals surface area contributed by atoms with Crippen LogP contribution < -0.4 is 5.32 Å². The standard InChI is InChI=1S/C28H46N2O2/c1-18-13-26-28(29-4,30(5)16-18)11-6-7-22-23-9-8-20-14-21(31)10-12-27(20,3)25(23)15-24(22)19(2)17-32-26/h18,20,22-23,25-26,29H,6-17H2,1-5H3. The van der Waals surface area contributed by atoms with Crippen molar-refractivity contribution < 1.29 is 9.53 Å². The molecule has 0 aromatic carbocycles. The number of carbonyl (C=O) groups excluding carboxylic acids is 1. The third-order valence-corrected chi connectivity index (χ3v) is 10.9. The number of likely N-dealkylation sites (tertiary alicyclic amines) is 1. The molecule has 1 N–H and O–H groups in total. The quantitative estimate of drug-likeness (QED) is 0.568. The summed E-state index contributed by atoms with van der Waals surface area (Å²) in [7, 11) is 4.43. The van der Waals surface area contributed by atoms with E-state index >= 15 is 0 Å². The summed E-state index contributed by atoms with van der Waals surface area (Å²) in [5.74, 6) is 4.15. The summed E-state index contributed by atoms with van der Waals surface area (Å²) in [6.45, 7) is 9.22. The molecule has 3 saturated carbocycles. The summed E-state index contributed by atoms with van der Waals surface area (Å²) in [4.78, 5) is 14.8. The predicted molar refractivity (Wildman–Crippen MR) is 129 cm³/mol. The summed E-state index contributed by atoms with van der Waals surface area (Å²) in [6, 6.07) is 0. The number of ketones is 1. The van der Waals surface area contributed by atoms with Crippen molar-refractivity contribution in [2.45, 2.75) is 96.7 Å². The maximum absolute atomic E-state index is 12.2. The first-order valence-electron chi connectivity index (χ1n) is 13.5. The Morgan fingerprint density at radius 1 is 1.16 bits per heavy atom. The summed E-state index contributed by atoms with van der Waals surface area (Å²) in [5, 5.41) is 3.74. The van der Waals surface area contributed by atoms with Crippen LogP contribution in [0.15, 0.2) is 11.1 Å². The second kappa shape index (κ2) is 8.50. The van der Waals surface area contributed by atoms with E-state index in [-0.39, 0.29) is 11.8 Å². The molecule has 32 heavy (non-hydrogen) atoms. The van der Waals surface area contributed by atoms with Gasteiger partial charge >= 0.3 is 0 Å². The highest BCUT2D eigenvalue weighted by Crippen LogP contribution is 2.63. The molecule has 4 nitrogen and oxygen atoms in total. The summed E-state index contributed by atoms with van der Waals surface area (Å²) >= 11 is 0. The number of hydrogen-bond acceptors (Lipinski definition) is 4. The van der Waals surface area contributed by atoms with E-state index in [2.05, 4.69) is 45.1 Å². The minimum absolute atomic E-state index is 0.0321. The van der Waals surface area contributed by atoms with Gasteiger partial charge in [0.2, 0.25) is 0 Å². The number of Topliss-reactive ketones (excluding diaryl/α,β-unsaturated/α-hetero) is 1. The molecule has 1 saturated heterocycles. The first-order valence-corrected chi connectivity index (χ1v) is 13.5. The van der Waals surface area contributed by atoms with E-state index in [1.807, 2.05) is 0 Å². The van der Waals surface area contributed by atoms with Crippen LogP contribution in [-0.4, -0.2) is 49.7 Å². The molecule has 180 valence electrons. The van der Waals surface area contributed by atoms with Gasteiger partial charge in [-0.25, -0.2) is 0 Å². The van der Waals surface area contributed by atoms with Gasteiger partial charge in [0, 0.05) is 19.4 Å². The lowest BCUT2D eigenvalue weighted by Gasteiger charge is -2.53. The molecule has 5 aliphatic rings. The monoisotopic (exact) mass is 442 g/mol. The second-order valence-corrected chi connectivity index (χ2v) is 12.5. The molecule has 3 aliphatic carbocycles. The molecule has 4 heteroatoms. The van der Waals surface area contributed by atoms with Gasteiger partial charge in [0.25, 0.3) is 0 Å². The molecule has 2 heterocycles. The van der Waals surface area contributed by atoms with Crippen LogP contribution in [0.4, 0.5) is 0 Å². The molecule has 4 fully saturated rings. The number of ether oxygens (including phenoxy) is 1. The Bertz CT molecular complexity index is 777. The van der Waals surface area contributed by atoms with E-state index < -0.39 is 0 Å². The Kier molecular flexibility index (Phi) is 6.12. The van der Waals surface area contributed by atoms with Crippen LogP contribution in [0.1, 0.15) is 85.0 Å². The van der Waals surface area contributed by atoms with E-state index in [9.17, 15) is 4.79 Å². The van der Waals surface area contributed by atoms with Gasteiger partial charge in [0.15, 0.2) is 0 Å². The number of likely N-dealkylation sites (N-methyl/N-ethyl adjacent to an activating group) is 2. The van der Waals surface area contributed by atoms with Crippen LogP contribution in [0.5, 0.6) is 0 Å². The lowest BCUT2D eigenvalue weighted by molar-refractivity contribution is -0.129. The van der Waals surface area contributed by atoms with Crippen molar-refractivity contribution in [3.05, 3.63) is 11.1 Å². The highest BCUT2D eigenvalue weighted by atomic mass is 16.5. The van der Waals surface area contributed by atoms with Gasteiger partial charge in [-0.1, -0.05) is 19.4 Å². The first kappa shape index (κ1) is 23.1. The largest absolute Gasteiger partial charge is 0.371 e. The van der Waals surface area contributed by atoms with Gasteiger partial charge < -0.3 is 10.1 Å².